The molecular formula is C16H10N6. The average Bonchev–Trinajstić information content (AvgIpc) is 2.99. The van der Waals surface area contributed by atoms with Gasteiger partial charge in [-0.1, -0.05) is 12.1 Å². The Hall–Kier alpha value is -3.51. The lowest BCUT2D eigenvalue weighted by Crippen LogP contribution is -1.91. The summed E-state index contributed by atoms with van der Waals surface area (Å²) in [6, 6.07) is 7.46. The predicted octanol–water partition coefficient (Wildman–Crippen LogP) is 2.89. The van der Waals surface area contributed by atoms with Crippen molar-refractivity contribution in [1.29, 1.82) is 5.26 Å². The number of nitrogens with zero attached hydrogens (tertiary/aromatic N) is 5. The Labute approximate surface area is 126 Å². The minimum atomic E-state index is 0.0724. The van der Waals surface area contributed by atoms with Gasteiger partial charge in [-0.25, -0.2) is 20.1 Å². The highest BCUT2D eigenvalue weighted by Crippen LogP contribution is 2.20. The molecule has 0 unspecified atom stereocenters. The van der Waals surface area contributed by atoms with Gasteiger partial charge in [0.05, 0.1) is 24.5 Å². The standard InChI is InChI=1S/C16H10N6/c1-18-12(8-17)6-5-11-9-20-16-15(11)22-14(10-21-16)13-4-2-3-7-19-13/h2-4,6-7,9-10H,5H2,(H,20,21)/b12-6-. The van der Waals surface area contributed by atoms with Gasteiger partial charge in [0, 0.05) is 18.0 Å². The molecule has 0 aromatic carbocycles. The second kappa shape index (κ2) is 5.86. The molecule has 0 aliphatic rings. The van der Waals surface area contributed by atoms with Gasteiger partial charge in [-0.15, -0.1) is 0 Å². The first kappa shape index (κ1) is 13.5. The number of nitrogens with one attached hydrogen (secondary N) is 1. The van der Waals surface area contributed by atoms with Crippen LogP contribution in [-0.2, 0) is 6.42 Å². The van der Waals surface area contributed by atoms with Crippen LogP contribution in [0.2, 0.25) is 0 Å². The van der Waals surface area contributed by atoms with Gasteiger partial charge >= 0.3 is 0 Å². The van der Waals surface area contributed by atoms with Crippen molar-refractivity contribution < 1.29 is 0 Å². The Balaban J connectivity index is 2.02. The van der Waals surface area contributed by atoms with E-state index in [0.29, 0.717) is 17.8 Å². The number of aromatic amines is 1. The van der Waals surface area contributed by atoms with Crippen LogP contribution in [-0.4, -0.2) is 19.9 Å². The van der Waals surface area contributed by atoms with Gasteiger partial charge in [0.1, 0.15) is 11.2 Å². The van der Waals surface area contributed by atoms with Crippen LogP contribution in [0.3, 0.4) is 0 Å². The summed E-state index contributed by atoms with van der Waals surface area (Å²) < 4.78 is 0. The zero-order valence-corrected chi connectivity index (χ0v) is 11.5. The lowest BCUT2D eigenvalue weighted by Gasteiger charge is -2.00. The molecule has 0 radical (unpaired) electrons. The van der Waals surface area contributed by atoms with E-state index < -0.39 is 0 Å². The smallest absolute Gasteiger partial charge is 0.258 e. The van der Waals surface area contributed by atoms with E-state index in [1.54, 1.807) is 24.7 Å². The van der Waals surface area contributed by atoms with E-state index in [1.807, 2.05) is 24.3 Å². The maximum atomic E-state index is 8.78. The first-order chi connectivity index (χ1) is 10.8. The molecule has 0 amide bonds. The summed E-state index contributed by atoms with van der Waals surface area (Å²) in [5, 5.41) is 8.78. The third-order valence-electron chi connectivity index (χ3n) is 3.14. The normalized spacial score (nSPS) is 11.1. The molecule has 0 saturated carbocycles. The molecule has 22 heavy (non-hydrogen) atoms. The summed E-state index contributed by atoms with van der Waals surface area (Å²) in [4.78, 5) is 19.4. The Morgan fingerprint density at radius 2 is 2.27 bits per heavy atom. The maximum absolute atomic E-state index is 8.78. The number of hydrogen-bond donors (Lipinski definition) is 1. The van der Waals surface area contributed by atoms with Gasteiger partial charge in [0.15, 0.2) is 5.65 Å². The molecular weight excluding hydrogens is 276 g/mol. The minimum Gasteiger partial charge on any atom is -0.345 e. The van der Waals surface area contributed by atoms with E-state index in [1.165, 1.54) is 0 Å². The van der Waals surface area contributed by atoms with Crippen molar-refractivity contribution in [2.24, 2.45) is 0 Å². The van der Waals surface area contributed by atoms with E-state index in [-0.39, 0.29) is 5.70 Å². The average molecular weight is 286 g/mol. The monoisotopic (exact) mass is 286 g/mol. The van der Waals surface area contributed by atoms with Gasteiger partial charge in [-0.3, -0.25) is 4.98 Å². The van der Waals surface area contributed by atoms with Gasteiger partial charge in [0.25, 0.3) is 5.70 Å². The van der Waals surface area contributed by atoms with Crippen LogP contribution in [0.15, 0.2) is 48.6 Å². The molecule has 0 bridgehead atoms. The van der Waals surface area contributed by atoms with Crippen LogP contribution in [0, 0.1) is 17.9 Å². The molecule has 1 N–H and O–H groups in total. The largest absolute Gasteiger partial charge is 0.345 e. The molecule has 3 aromatic rings. The molecule has 3 heterocycles. The molecule has 0 saturated heterocycles. The van der Waals surface area contributed by atoms with Crippen LogP contribution >= 0.6 is 0 Å². The quantitative estimate of drug-likeness (QED) is 0.592. The topological polar surface area (TPSA) is 82.6 Å². The van der Waals surface area contributed by atoms with Crippen LogP contribution in [0.4, 0.5) is 0 Å². The summed E-state index contributed by atoms with van der Waals surface area (Å²) >= 11 is 0. The fourth-order valence-corrected chi connectivity index (χ4v) is 2.06. The fourth-order valence-electron chi connectivity index (χ4n) is 2.06. The van der Waals surface area contributed by atoms with Crippen molar-refractivity contribution in [3.63, 3.8) is 0 Å². The lowest BCUT2D eigenvalue weighted by molar-refractivity contribution is 1.21. The second-order valence-electron chi connectivity index (χ2n) is 4.50. The third-order valence-corrected chi connectivity index (χ3v) is 3.14. The zero-order valence-electron chi connectivity index (χ0n) is 11.5. The summed E-state index contributed by atoms with van der Waals surface area (Å²) in [6.07, 6.45) is 7.20. The van der Waals surface area contributed by atoms with Crippen molar-refractivity contribution in [3.8, 4) is 17.5 Å². The first-order valence-electron chi connectivity index (χ1n) is 6.54. The Morgan fingerprint density at radius 1 is 1.36 bits per heavy atom. The predicted molar refractivity (Wildman–Crippen MR) is 81.1 cm³/mol. The molecule has 104 valence electrons. The molecule has 0 aliphatic heterocycles. The third kappa shape index (κ3) is 2.54. The zero-order chi connectivity index (χ0) is 15.4. The van der Waals surface area contributed by atoms with E-state index in [2.05, 4.69) is 24.8 Å². The summed E-state index contributed by atoms with van der Waals surface area (Å²) in [5.41, 5.74) is 3.79. The van der Waals surface area contributed by atoms with Gasteiger partial charge < -0.3 is 4.98 Å². The lowest BCUT2D eigenvalue weighted by atomic mass is 10.2. The molecule has 6 heteroatoms. The van der Waals surface area contributed by atoms with E-state index in [4.69, 9.17) is 11.8 Å². The number of rotatable bonds is 3. The number of fused-ring (bicyclic) bond motifs is 1. The van der Waals surface area contributed by atoms with Crippen LogP contribution in [0.25, 0.3) is 27.4 Å². The van der Waals surface area contributed by atoms with Crippen LogP contribution < -0.4 is 0 Å². The summed E-state index contributed by atoms with van der Waals surface area (Å²) in [6.45, 7) is 6.89. The second-order valence-corrected chi connectivity index (χ2v) is 4.50. The molecule has 3 rings (SSSR count). The number of pyridine rings is 1. The Kier molecular flexibility index (Phi) is 3.59. The van der Waals surface area contributed by atoms with Crippen molar-refractivity contribution in [3.05, 3.63) is 65.5 Å². The molecule has 0 aliphatic carbocycles. The summed E-state index contributed by atoms with van der Waals surface area (Å²) in [7, 11) is 0. The number of H-pyrrole nitrogens is 1. The molecule has 0 fully saturated rings. The molecule has 3 aromatic heterocycles. The van der Waals surface area contributed by atoms with Crippen molar-refractivity contribution in [1.82, 2.24) is 19.9 Å². The summed E-state index contributed by atoms with van der Waals surface area (Å²) in [5.74, 6) is 0. The number of hydrogen-bond acceptors (Lipinski definition) is 4. The van der Waals surface area contributed by atoms with Crippen molar-refractivity contribution in [2.75, 3.05) is 0 Å². The van der Waals surface area contributed by atoms with Crippen molar-refractivity contribution in [2.45, 2.75) is 6.42 Å². The van der Waals surface area contributed by atoms with E-state index >= 15 is 0 Å². The molecule has 0 atom stereocenters. The van der Waals surface area contributed by atoms with Gasteiger partial charge in [-0.2, -0.15) is 0 Å². The van der Waals surface area contributed by atoms with E-state index in [9.17, 15) is 0 Å². The van der Waals surface area contributed by atoms with Gasteiger partial charge in [-0.05, 0) is 18.6 Å². The molecule has 0 spiro atoms. The Bertz CT molecular complexity index is 909. The first-order valence-corrected chi connectivity index (χ1v) is 6.54. The van der Waals surface area contributed by atoms with Crippen LogP contribution in [0.5, 0.6) is 0 Å². The van der Waals surface area contributed by atoms with Crippen LogP contribution in [0.1, 0.15) is 5.56 Å². The maximum Gasteiger partial charge on any atom is 0.258 e. The molecule has 6 nitrogen and oxygen atoms in total. The fraction of sp³-hybridized carbons (Fsp3) is 0.0625. The van der Waals surface area contributed by atoms with Crippen molar-refractivity contribution >= 4 is 11.2 Å². The highest BCUT2D eigenvalue weighted by atomic mass is 14.9. The Morgan fingerprint density at radius 3 is 3.00 bits per heavy atom. The van der Waals surface area contributed by atoms with E-state index in [0.717, 1.165) is 16.8 Å². The number of nitriles is 1. The SMILES string of the molecule is [C-]#[N+]/C(C#N)=C\Cc1c[nH]c2ncc(-c3ccccn3)nc12. The highest BCUT2D eigenvalue weighted by molar-refractivity contribution is 5.77. The number of allylic oxidation sites excluding steroid dienone is 2. The number of aromatic nitrogens is 4. The minimum absolute atomic E-state index is 0.0724. The highest BCUT2D eigenvalue weighted by Gasteiger charge is 2.09. The van der Waals surface area contributed by atoms with Gasteiger partial charge in [0.2, 0.25) is 0 Å².